The van der Waals surface area contributed by atoms with Gasteiger partial charge in [0.25, 0.3) is 0 Å². The highest BCUT2D eigenvalue weighted by Gasteiger charge is 2.17. The van der Waals surface area contributed by atoms with E-state index in [0.717, 1.165) is 11.3 Å². The van der Waals surface area contributed by atoms with Crippen LogP contribution in [0, 0.1) is 0 Å². The molecule has 2 aromatic rings. The largest absolute Gasteiger partial charge is 0.348 e. The van der Waals surface area contributed by atoms with Gasteiger partial charge in [0.2, 0.25) is 11.8 Å². The molecule has 2 aromatic carbocycles. The van der Waals surface area contributed by atoms with Gasteiger partial charge in [-0.2, -0.15) is 0 Å². The summed E-state index contributed by atoms with van der Waals surface area (Å²) in [5.41, 5.74) is 2.97. The molecule has 25 heavy (non-hydrogen) atoms. The summed E-state index contributed by atoms with van der Waals surface area (Å²) in [6.07, 6.45) is 0. The monoisotopic (exact) mass is 338 g/mol. The van der Waals surface area contributed by atoms with Crippen LogP contribution in [0.4, 0.5) is 5.69 Å². The van der Waals surface area contributed by atoms with Crippen molar-refractivity contribution in [3.63, 3.8) is 0 Å². The Hall–Kier alpha value is -2.62. The molecule has 0 fully saturated rings. The van der Waals surface area contributed by atoms with Gasteiger partial charge in [-0.05, 0) is 36.1 Å². The summed E-state index contributed by atoms with van der Waals surface area (Å²) in [6.45, 7) is 7.66. The quantitative estimate of drug-likeness (QED) is 0.864. The van der Waals surface area contributed by atoms with Gasteiger partial charge in [-0.25, -0.2) is 0 Å². The van der Waals surface area contributed by atoms with E-state index in [9.17, 15) is 9.59 Å². The molecule has 0 saturated heterocycles. The van der Waals surface area contributed by atoms with Crippen LogP contribution in [0.25, 0.3) is 0 Å². The molecular weight excluding hydrogens is 312 g/mol. The zero-order chi connectivity index (χ0) is 18.4. The van der Waals surface area contributed by atoms with E-state index in [4.69, 9.17) is 0 Å². The van der Waals surface area contributed by atoms with Crippen LogP contribution in [-0.4, -0.2) is 18.4 Å². The summed E-state index contributed by atoms with van der Waals surface area (Å²) in [7, 11) is 0. The topological polar surface area (TPSA) is 49.4 Å². The summed E-state index contributed by atoms with van der Waals surface area (Å²) in [6, 6.07) is 17.4. The molecule has 0 radical (unpaired) electrons. The van der Waals surface area contributed by atoms with E-state index in [0.29, 0.717) is 5.92 Å². The van der Waals surface area contributed by atoms with Crippen LogP contribution in [0.2, 0.25) is 0 Å². The van der Waals surface area contributed by atoms with Crippen molar-refractivity contribution < 1.29 is 9.59 Å². The Bertz CT molecular complexity index is 708. The van der Waals surface area contributed by atoms with Crippen molar-refractivity contribution in [3.05, 3.63) is 65.7 Å². The maximum atomic E-state index is 12.4. The van der Waals surface area contributed by atoms with Gasteiger partial charge in [0.1, 0.15) is 6.54 Å². The molecule has 1 N–H and O–H groups in total. The van der Waals surface area contributed by atoms with Crippen molar-refractivity contribution in [1.29, 1.82) is 0 Å². The van der Waals surface area contributed by atoms with Crippen molar-refractivity contribution in [2.75, 3.05) is 11.4 Å². The lowest BCUT2D eigenvalue weighted by molar-refractivity contribution is -0.123. The van der Waals surface area contributed by atoms with Gasteiger partial charge in [0, 0.05) is 12.6 Å². The molecule has 1 unspecified atom stereocenters. The fourth-order valence-electron chi connectivity index (χ4n) is 2.68. The number of carbonyl (C=O) groups is 2. The third kappa shape index (κ3) is 5.18. The number of anilines is 1. The van der Waals surface area contributed by atoms with E-state index < -0.39 is 0 Å². The highest BCUT2D eigenvalue weighted by molar-refractivity contribution is 5.97. The molecule has 0 heterocycles. The lowest BCUT2D eigenvalue weighted by Crippen LogP contribution is -2.40. The number of amides is 2. The van der Waals surface area contributed by atoms with Crippen molar-refractivity contribution in [2.24, 2.45) is 0 Å². The molecule has 0 aliphatic heterocycles. The van der Waals surface area contributed by atoms with Crippen molar-refractivity contribution in [2.45, 2.75) is 39.7 Å². The van der Waals surface area contributed by atoms with E-state index >= 15 is 0 Å². The summed E-state index contributed by atoms with van der Waals surface area (Å²) in [5.74, 6) is 0.0918. The molecule has 1 atom stereocenters. The Kier molecular flexibility index (Phi) is 6.34. The van der Waals surface area contributed by atoms with Crippen LogP contribution < -0.4 is 10.2 Å². The van der Waals surface area contributed by atoms with E-state index in [-0.39, 0.29) is 24.4 Å². The number of hydrogen-bond donors (Lipinski definition) is 1. The van der Waals surface area contributed by atoms with E-state index in [2.05, 4.69) is 19.2 Å². The standard InChI is InChI=1S/C21H26N2O2/c1-15(2)18-10-12-20(13-11-18)23(17(4)24)14-21(25)22-16(3)19-8-6-5-7-9-19/h5-13,15-16H,14H2,1-4H3,(H,22,25). The van der Waals surface area contributed by atoms with Crippen molar-refractivity contribution >= 4 is 17.5 Å². The summed E-state index contributed by atoms with van der Waals surface area (Å²) < 4.78 is 0. The molecule has 132 valence electrons. The van der Waals surface area contributed by atoms with E-state index in [1.165, 1.54) is 17.4 Å². The summed E-state index contributed by atoms with van der Waals surface area (Å²) in [5, 5.41) is 2.95. The van der Waals surface area contributed by atoms with Gasteiger partial charge in [0.05, 0.1) is 6.04 Å². The van der Waals surface area contributed by atoms with Gasteiger partial charge >= 0.3 is 0 Å². The van der Waals surface area contributed by atoms with Gasteiger partial charge in [-0.3, -0.25) is 9.59 Å². The van der Waals surface area contributed by atoms with Crippen LogP contribution >= 0.6 is 0 Å². The molecule has 4 nitrogen and oxygen atoms in total. The highest BCUT2D eigenvalue weighted by Crippen LogP contribution is 2.20. The molecule has 4 heteroatoms. The van der Waals surface area contributed by atoms with Crippen LogP contribution in [0.15, 0.2) is 54.6 Å². The first kappa shape index (κ1) is 18.7. The zero-order valence-corrected chi connectivity index (χ0v) is 15.3. The average molecular weight is 338 g/mol. The lowest BCUT2D eigenvalue weighted by Gasteiger charge is -2.23. The van der Waals surface area contributed by atoms with Crippen molar-refractivity contribution in [1.82, 2.24) is 5.32 Å². The number of nitrogens with one attached hydrogen (secondary N) is 1. The fraction of sp³-hybridized carbons (Fsp3) is 0.333. The average Bonchev–Trinajstić information content (AvgIpc) is 2.60. The van der Waals surface area contributed by atoms with Crippen LogP contribution in [-0.2, 0) is 9.59 Å². The number of benzene rings is 2. The van der Waals surface area contributed by atoms with Crippen LogP contribution in [0.5, 0.6) is 0 Å². The van der Waals surface area contributed by atoms with Gasteiger partial charge < -0.3 is 10.2 Å². The van der Waals surface area contributed by atoms with Crippen LogP contribution in [0.1, 0.15) is 50.8 Å². The Labute approximate surface area is 149 Å². The number of nitrogens with zero attached hydrogens (tertiary/aromatic N) is 1. The van der Waals surface area contributed by atoms with Gasteiger partial charge in [-0.15, -0.1) is 0 Å². The zero-order valence-electron chi connectivity index (χ0n) is 15.3. The number of rotatable bonds is 6. The Morgan fingerprint density at radius 3 is 2.04 bits per heavy atom. The molecule has 2 rings (SSSR count). The summed E-state index contributed by atoms with van der Waals surface area (Å²) in [4.78, 5) is 25.9. The minimum atomic E-state index is -0.181. The smallest absolute Gasteiger partial charge is 0.240 e. The van der Waals surface area contributed by atoms with E-state index in [1.807, 2.05) is 61.5 Å². The van der Waals surface area contributed by atoms with E-state index in [1.54, 1.807) is 0 Å². The van der Waals surface area contributed by atoms with Gasteiger partial charge in [-0.1, -0.05) is 56.3 Å². The second kappa shape index (κ2) is 8.47. The molecule has 0 bridgehead atoms. The third-order valence-electron chi connectivity index (χ3n) is 4.23. The molecular formula is C21H26N2O2. The molecule has 0 saturated carbocycles. The first-order valence-corrected chi connectivity index (χ1v) is 8.61. The fourth-order valence-corrected chi connectivity index (χ4v) is 2.68. The maximum absolute atomic E-state index is 12.4. The predicted molar refractivity (Wildman–Crippen MR) is 102 cm³/mol. The Morgan fingerprint density at radius 1 is 0.920 bits per heavy atom. The minimum absolute atomic E-state index is 0.00747. The first-order valence-electron chi connectivity index (χ1n) is 8.61. The Balaban J connectivity index is 2.05. The highest BCUT2D eigenvalue weighted by atomic mass is 16.2. The second-order valence-corrected chi connectivity index (χ2v) is 6.55. The number of carbonyl (C=O) groups excluding carboxylic acids is 2. The Morgan fingerprint density at radius 2 is 1.52 bits per heavy atom. The molecule has 0 spiro atoms. The van der Waals surface area contributed by atoms with Crippen molar-refractivity contribution in [3.8, 4) is 0 Å². The molecule has 0 aliphatic carbocycles. The maximum Gasteiger partial charge on any atom is 0.240 e. The molecule has 2 amide bonds. The first-order chi connectivity index (χ1) is 11.9. The molecule has 0 aliphatic rings. The summed E-state index contributed by atoms with van der Waals surface area (Å²) >= 11 is 0. The normalized spacial score (nSPS) is 11.9. The minimum Gasteiger partial charge on any atom is -0.348 e. The second-order valence-electron chi connectivity index (χ2n) is 6.55. The van der Waals surface area contributed by atoms with Crippen LogP contribution in [0.3, 0.4) is 0 Å². The number of hydrogen-bond acceptors (Lipinski definition) is 2. The predicted octanol–water partition coefficient (Wildman–Crippen LogP) is 4.04. The SMILES string of the molecule is CC(=O)N(CC(=O)NC(C)c1ccccc1)c1ccc(C(C)C)cc1. The molecule has 0 aromatic heterocycles. The lowest BCUT2D eigenvalue weighted by atomic mass is 10.0. The van der Waals surface area contributed by atoms with Gasteiger partial charge in [0.15, 0.2) is 0 Å². The third-order valence-corrected chi connectivity index (χ3v) is 4.23.